The summed E-state index contributed by atoms with van der Waals surface area (Å²) in [6.07, 6.45) is 0.890. The van der Waals surface area contributed by atoms with Gasteiger partial charge in [-0.25, -0.2) is 0 Å². The van der Waals surface area contributed by atoms with Crippen molar-refractivity contribution in [1.82, 2.24) is 10.2 Å². The van der Waals surface area contributed by atoms with Crippen molar-refractivity contribution in [2.45, 2.75) is 26.3 Å². The van der Waals surface area contributed by atoms with Crippen LogP contribution in [0.1, 0.15) is 30.6 Å². The van der Waals surface area contributed by atoms with Gasteiger partial charge in [-0.1, -0.05) is 13.8 Å². The van der Waals surface area contributed by atoms with Gasteiger partial charge in [0.05, 0.1) is 12.7 Å². The van der Waals surface area contributed by atoms with Gasteiger partial charge in [0.1, 0.15) is 11.5 Å². The zero-order valence-electron chi connectivity index (χ0n) is 13.5. The fourth-order valence-corrected chi connectivity index (χ4v) is 2.28. The van der Waals surface area contributed by atoms with Gasteiger partial charge < -0.3 is 20.1 Å². The topological polar surface area (TPSA) is 61.8 Å². The van der Waals surface area contributed by atoms with Crippen LogP contribution in [0.3, 0.4) is 0 Å². The van der Waals surface area contributed by atoms with E-state index in [0.717, 1.165) is 13.0 Å². The van der Waals surface area contributed by atoms with Gasteiger partial charge in [0.2, 0.25) is 0 Å². The molecule has 0 saturated heterocycles. The van der Waals surface area contributed by atoms with Gasteiger partial charge in [-0.15, -0.1) is 0 Å². The molecular weight excluding hydrogens is 268 g/mol. The fraction of sp³-hybridized carbons (Fsp3) is 0.562. The van der Waals surface area contributed by atoms with Crippen molar-refractivity contribution in [3.8, 4) is 11.5 Å². The summed E-state index contributed by atoms with van der Waals surface area (Å²) in [5.41, 5.74) is 0.267. The summed E-state index contributed by atoms with van der Waals surface area (Å²) in [5.74, 6) is 0.679. The lowest BCUT2D eigenvalue weighted by atomic mass is 10.0. The number of hydrogen-bond donors (Lipinski definition) is 2. The minimum atomic E-state index is -0.261. The third-order valence-electron chi connectivity index (χ3n) is 3.13. The Labute approximate surface area is 126 Å². The minimum Gasteiger partial charge on any atom is -0.507 e. The van der Waals surface area contributed by atoms with Gasteiger partial charge in [0.25, 0.3) is 5.91 Å². The number of carbonyl (C=O) groups is 1. The maximum atomic E-state index is 12.3. The molecule has 0 aromatic heterocycles. The Bertz CT molecular complexity index is 463. The average Bonchev–Trinajstić information content (AvgIpc) is 2.36. The highest BCUT2D eigenvalue weighted by Crippen LogP contribution is 2.23. The van der Waals surface area contributed by atoms with Gasteiger partial charge in [-0.05, 0) is 38.6 Å². The summed E-state index contributed by atoms with van der Waals surface area (Å²) in [7, 11) is 5.47. The second kappa shape index (κ2) is 7.88. The highest BCUT2D eigenvalue weighted by atomic mass is 16.5. The van der Waals surface area contributed by atoms with E-state index in [4.69, 9.17) is 4.74 Å². The van der Waals surface area contributed by atoms with Gasteiger partial charge in [-0.3, -0.25) is 4.79 Å². The van der Waals surface area contributed by atoms with E-state index in [1.165, 1.54) is 13.2 Å². The largest absolute Gasteiger partial charge is 0.507 e. The number of phenols is 1. The molecule has 21 heavy (non-hydrogen) atoms. The van der Waals surface area contributed by atoms with E-state index >= 15 is 0 Å². The lowest BCUT2D eigenvalue weighted by molar-refractivity contribution is 0.0922. The highest BCUT2D eigenvalue weighted by Gasteiger charge is 2.18. The van der Waals surface area contributed by atoms with Crippen molar-refractivity contribution in [3.05, 3.63) is 23.8 Å². The summed E-state index contributed by atoms with van der Waals surface area (Å²) in [5, 5.41) is 12.9. The Morgan fingerprint density at radius 2 is 2.05 bits per heavy atom. The van der Waals surface area contributed by atoms with E-state index < -0.39 is 0 Å². The summed E-state index contributed by atoms with van der Waals surface area (Å²) < 4.78 is 5.02. The number of phenolic OH excluding ortho intramolecular Hbond substituents is 1. The molecule has 0 fully saturated rings. The lowest BCUT2D eigenvalue weighted by Crippen LogP contribution is -2.42. The Morgan fingerprint density at radius 3 is 2.52 bits per heavy atom. The number of methoxy groups -OCH3 is 1. The monoisotopic (exact) mass is 294 g/mol. The van der Waals surface area contributed by atoms with Gasteiger partial charge in [0.15, 0.2) is 0 Å². The summed E-state index contributed by atoms with van der Waals surface area (Å²) in [4.78, 5) is 14.4. The van der Waals surface area contributed by atoms with Crippen LogP contribution in [0.5, 0.6) is 11.5 Å². The number of nitrogens with zero attached hydrogens (tertiary/aromatic N) is 1. The number of rotatable bonds is 7. The Hall–Kier alpha value is -1.75. The lowest BCUT2D eigenvalue weighted by Gasteiger charge is -2.24. The second-order valence-corrected chi connectivity index (χ2v) is 5.95. The zero-order valence-corrected chi connectivity index (χ0v) is 13.5. The molecule has 0 aliphatic heterocycles. The summed E-state index contributed by atoms with van der Waals surface area (Å²) in [6, 6.07) is 4.73. The first-order valence-corrected chi connectivity index (χ1v) is 7.16. The second-order valence-electron chi connectivity index (χ2n) is 5.95. The third kappa shape index (κ3) is 5.63. The molecule has 1 unspecified atom stereocenters. The molecule has 1 aromatic rings. The van der Waals surface area contributed by atoms with Gasteiger partial charge >= 0.3 is 0 Å². The fourth-order valence-electron chi connectivity index (χ4n) is 2.28. The Balaban J connectivity index is 2.81. The van der Waals surface area contributed by atoms with Crippen molar-refractivity contribution >= 4 is 5.91 Å². The van der Waals surface area contributed by atoms with Crippen LogP contribution in [-0.4, -0.2) is 49.7 Å². The van der Waals surface area contributed by atoms with Crippen molar-refractivity contribution in [1.29, 1.82) is 0 Å². The van der Waals surface area contributed by atoms with Gasteiger partial charge in [0, 0.05) is 18.7 Å². The number of nitrogens with one attached hydrogen (secondary N) is 1. The van der Waals surface area contributed by atoms with Crippen LogP contribution in [0, 0.1) is 5.92 Å². The molecule has 2 N–H and O–H groups in total. The smallest absolute Gasteiger partial charge is 0.255 e. The molecule has 0 saturated carbocycles. The molecule has 1 aromatic carbocycles. The van der Waals surface area contributed by atoms with Crippen molar-refractivity contribution in [2.75, 3.05) is 27.7 Å². The highest BCUT2D eigenvalue weighted by molar-refractivity contribution is 5.97. The van der Waals surface area contributed by atoms with E-state index in [-0.39, 0.29) is 23.3 Å². The van der Waals surface area contributed by atoms with E-state index in [1.807, 2.05) is 19.0 Å². The first-order chi connectivity index (χ1) is 9.83. The molecule has 5 nitrogen and oxygen atoms in total. The number of ether oxygens (including phenoxy) is 1. The van der Waals surface area contributed by atoms with Crippen LogP contribution in [0.15, 0.2) is 18.2 Å². The molecule has 0 heterocycles. The van der Waals surface area contributed by atoms with E-state index in [2.05, 4.69) is 19.2 Å². The van der Waals surface area contributed by atoms with E-state index in [9.17, 15) is 9.90 Å². The SMILES string of the molecule is COc1ccc(C(=O)NC(CC(C)C)CN(C)C)c(O)c1. The summed E-state index contributed by atoms with van der Waals surface area (Å²) >= 11 is 0. The summed E-state index contributed by atoms with van der Waals surface area (Å²) in [6.45, 7) is 5.01. The number of aromatic hydroxyl groups is 1. The number of benzene rings is 1. The molecule has 0 aliphatic rings. The van der Waals surface area contributed by atoms with Crippen LogP contribution in [0.4, 0.5) is 0 Å². The zero-order chi connectivity index (χ0) is 16.0. The molecule has 1 atom stereocenters. The van der Waals surface area contributed by atoms with Crippen LogP contribution in [0.25, 0.3) is 0 Å². The number of hydrogen-bond acceptors (Lipinski definition) is 4. The van der Waals surface area contributed by atoms with Crippen LogP contribution >= 0.6 is 0 Å². The number of carbonyl (C=O) groups excluding carboxylic acids is 1. The first-order valence-electron chi connectivity index (χ1n) is 7.16. The van der Waals surface area contributed by atoms with Gasteiger partial charge in [-0.2, -0.15) is 0 Å². The van der Waals surface area contributed by atoms with E-state index in [1.54, 1.807) is 12.1 Å². The molecule has 5 heteroatoms. The third-order valence-corrected chi connectivity index (χ3v) is 3.13. The molecule has 1 rings (SSSR count). The molecule has 118 valence electrons. The molecular formula is C16H26N2O3. The standard InChI is InChI=1S/C16H26N2O3/c1-11(2)8-12(10-18(3)4)17-16(20)14-7-6-13(21-5)9-15(14)19/h6-7,9,11-12,19H,8,10H2,1-5H3,(H,17,20). The molecule has 0 aliphatic carbocycles. The molecule has 0 spiro atoms. The molecule has 0 bridgehead atoms. The predicted octanol–water partition coefficient (Wildman–Crippen LogP) is 2.11. The van der Waals surface area contributed by atoms with Crippen molar-refractivity contribution in [3.63, 3.8) is 0 Å². The van der Waals surface area contributed by atoms with Crippen molar-refractivity contribution in [2.24, 2.45) is 5.92 Å². The number of likely N-dealkylation sites (N-methyl/N-ethyl adjacent to an activating group) is 1. The maximum absolute atomic E-state index is 12.3. The van der Waals surface area contributed by atoms with E-state index in [0.29, 0.717) is 11.7 Å². The maximum Gasteiger partial charge on any atom is 0.255 e. The minimum absolute atomic E-state index is 0.0500. The average molecular weight is 294 g/mol. The first kappa shape index (κ1) is 17.3. The Morgan fingerprint density at radius 1 is 1.38 bits per heavy atom. The van der Waals surface area contributed by atoms with Crippen LogP contribution < -0.4 is 10.1 Å². The molecule has 0 radical (unpaired) electrons. The van der Waals surface area contributed by atoms with Crippen LogP contribution in [-0.2, 0) is 0 Å². The number of amides is 1. The Kier molecular flexibility index (Phi) is 6.49. The quantitative estimate of drug-likeness (QED) is 0.808. The molecule has 1 amide bonds. The van der Waals surface area contributed by atoms with Crippen molar-refractivity contribution < 1.29 is 14.6 Å². The normalized spacial score (nSPS) is 12.5. The predicted molar refractivity (Wildman–Crippen MR) is 83.9 cm³/mol. The van der Waals surface area contributed by atoms with Crippen LogP contribution in [0.2, 0.25) is 0 Å².